The van der Waals surface area contributed by atoms with E-state index in [9.17, 15) is 10.0 Å². The molecule has 5 heteroatoms. The van der Waals surface area contributed by atoms with Gasteiger partial charge in [-0.15, -0.1) is 0 Å². The number of rotatable bonds is 0. The lowest BCUT2D eigenvalue weighted by Crippen LogP contribution is -3.01. The maximum Gasteiger partial charge on any atom is 0.326 e. The van der Waals surface area contributed by atoms with Gasteiger partial charge in [0.05, 0.1) is 0 Å². The van der Waals surface area contributed by atoms with E-state index in [1.165, 1.54) is 0 Å². The second-order valence-electron chi connectivity index (χ2n) is 1.16. The van der Waals surface area contributed by atoms with Crippen molar-refractivity contribution in [1.29, 1.82) is 0 Å². The van der Waals surface area contributed by atoms with Crippen LogP contribution < -0.4 is 5.17 Å². The summed E-state index contributed by atoms with van der Waals surface area (Å²) in [5.74, 6) is -0.440. The summed E-state index contributed by atoms with van der Waals surface area (Å²) < 4.78 is 0. The molecule has 0 aromatic carbocycles. The standard InChI is InChI=1S/C2H3N3O2/c6-2-1-5(7)4-3-2/h5H,1H2. The predicted octanol–water partition coefficient (Wildman–Crippen LogP) is -1.72. The smallest absolute Gasteiger partial charge is 0.326 e. The van der Waals surface area contributed by atoms with Crippen molar-refractivity contribution in [2.24, 2.45) is 10.3 Å². The van der Waals surface area contributed by atoms with Gasteiger partial charge in [-0.25, -0.2) is 5.17 Å². The Morgan fingerprint density at radius 3 is 2.71 bits per heavy atom. The highest BCUT2D eigenvalue weighted by molar-refractivity contribution is 5.77. The minimum atomic E-state index is -0.440. The van der Waals surface area contributed by atoms with Gasteiger partial charge in [0.25, 0.3) is 0 Å². The molecule has 1 atom stereocenters. The molecule has 1 aliphatic heterocycles. The van der Waals surface area contributed by atoms with Gasteiger partial charge in [0.15, 0.2) is 6.54 Å². The van der Waals surface area contributed by atoms with Gasteiger partial charge in [0.2, 0.25) is 0 Å². The van der Waals surface area contributed by atoms with Crippen molar-refractivity contribution in [3.05, 3.63) is 5.21 Å². The van der Waals surface area contributed by atoms with Gasteiger partial charge in [0.1, 0.15) is 0 Å². The first kappa shape index (κ1) is 4.35. The molecule has 0 radical (unpaired) electrons. The van der Waals surface area contributed by atoms with Crippen molar-refractivity contribution < 1.29 is 9.97 Å². The zero-order valence-corrected chi connectivity index (χ0v) is 3.42. The molecule has 0 bridgehead atoms. The van der Waals surface area contributed by atoms with Gasteiger partial charge in [-0.1, -0.05) is 5.11 Å². The highest BCUT2D eigenvalue weighted by Crippen LogP contribution is 1.75. The number of carbonyl (C=O) groups excluding carboxylic acids is 1. The quantitative estimate of drug-likeness (QED) is 0.368. The Morgan fingerprint density at radius 1 is 1.86 bits per heavy atom. The van der Waals surface area contributed by atoms with Crippen LogP contribution in [0, 0.1) is 5.21 Å². The minimum Gasteiger partial charge on any atom is -0.604 e. The molecule has 0 aliphatic carbocycles. The first-order valence-electron chi connectivity index (χ1n) is 1.76. The van der Waals surface area contributed by atoms with E-state index in [0.717, 1.165) is 0 Å². The van der Waals surface area contributed by atoms with E-state index in [1.54, 1.807) is 0 Å². The Hall–Kier alpha value is -0.810. The Balaban J connectivity index is 2.58. The van der Waals surface area contributed by atoms with Crippen LogP contribution in [0.5, 0.6) is 0 Å². The van der Waals surface area contributed by atoms with E-state index < -0.39 is 11.1 Å². The molecular weight excluding hydrogens is 98.0 g/mol. The molecule has 0 aromatic heterocycles. The molecule has 1 aliphatic rings. The van der Waals surface area contributed by atoms with Crippen LogP contribution in [0.3, 0.4) is 0 Å². The van der Waals surface area contributed by atoms with Crippen LogP contribution in [-0.2, 0) is 4.79 Å². The number of amides is 1. The molecule has 0 aromatic rings. The fraction of sp³-hybridized carbons (Fsp3) is 0.500. The van der Waals surface area contributed by atoms with Crippen molar-refractivity contribution in [2.75, 3.05) is 6.54 Å². The van der Waals surface area contributed by atoms with Crippen molar-refractivity contribution >= 4 is 5.91 Å². The molecule has 0 saturated carbocycles. The summed E-state index contributed by atoms with van der Waals surface area (Å²) in [5, 5.41) is 15.4. The maximum absolute atomic E-state index is 9.97. The minimum absolute atomic E-state index is 0.139. The van der Waals surface area contributed by atoms with Crippen LogP contribution in [-0.4, -0.2) is 12.5 Å². The predicted molar refractivity (Wildman–Crippen MR) is 19.1 cm³/mol. The molecule has 0 fully saturated rings. The van der Waals surface area contributed by atoms with E-state index in [4.69, 9.17) is 0 Å². The van der Waals surface area contributed by atoms with E-state index in [1.807, 2.05) is 0 Å². The molecule has 1 rings (SSSR count). The Bertz CT molecular complexity index is 120. The zero-order chi connectivity index (χ0) is 5.28. The first-order chi connectivity index (χ1) is 3.29. The number of hydroxylamine groups is 1. The van der Waals surface area contributed by atoms with Gasteiger partial charge in [0, 0.05) is 5.22 Å². The molecular formula is C2H3N3O2. The van der Waals surface area contributed by atoms with Gasteiger partial charge in [-0.3, -0.25) is 4.79 Å². The highest BCUT2D eigenvalue weighted by atomic mass is 16.5. The van der Waals surface area contributed by atoms with E-state index in [0.29, 0.717) is 0 Å². The summed E-state index contributed by atoms with van der Waals surface area (Å²) in [6, 6.07) is 0. The summed E-state index contributed by atoms with van der Waals surface area (Å²) in [4.78, 5) is 9.97. The highest BCUT2D eigenvalue weighted by Gasteiger charge is 2.12. The molecule has 1 N–H and O–H groups in total. The van der Waals surface area contributed by atoms with Crippen molar-refractivity contribution in [2.45, 2.75) is 0 Å². The third-order valence-electron chi connectivity index (χ3n) is 0.576. The number of hydrogen-bond donors (Lipinski definition) is 1. The fourth-order valence-electron chi connectivity index (χ4n) is 0.312. The topological polar surface area (TPSA) is 69.3 Å². The Labute approximate surface area is 39.2 Å². The third-order valence-corrected chi connectivity index (χ3v) is 0.576. The molecule has 38 valence electrons. The van der Waals surface area contributed by atoms with Gasteiger partial charge in [-0.2, -0.15) is 0 Å². The Morgan fingerprint density at radius 2 is 2.57 bits per heavy atom. The monoisotopic (exact) mass is 101 g/mol. The van der Waals surface area contributed by atoms with Gasteiger partial charge in [-0.05, 0) is 0 Å². The van der Waals surface area contributed by atoms with Crippen molar-refractivity contribution in [3.8, 4) is 0 Å². The van der Waals surface area contributed by atoms with Crippen molar-refractivity contribution in [1.82, 2.24) is 0 Å². The normalized spacial score (nSPS) is 29.3. The Kier molecular flexibility index (Phi) is 0.844. The van der Waals surface area contributed by atoms with Crippen LogP contribution in [0.25, 0.3) is 0 Å². The molecule has 0 saturated heterocycles. The lowest BCUT2D eigenvalue weighted by Gasteiger charge is -2.01. The summed E-state index contributed by atoms with van der Waals surface area (Å²) in [6.45, 7) is -0.139. The molecule has 5 nitrogen and oxygen atoms in total. The molecule has 1 amide bonds. The molecule has 1 heterocycles. The first-order valence-corrected chi connectivity index (χ1v) is 1.76. The maximum atomic E-state index is 9.97. The second kappa shape index (κ2) is 1.36. The van der Waals surface area contributed by atoms with E-state index >= 15 is 0 Å². The summed E-state index contributed by atoms with van der Waals surface area (Å²) >= 11 is 0. The number of carbonyl (C=O) groups is 1. The van der Waals surface area contributed by atoms with E-state index in [2.05, 4.69) is 10.3 Å². The van der Waals surface area contributed by atoms with Crippen LogP contribution in [0.4, 0.5) is 0 Å². The number of nitrogens with one attached hydrogen (secondary N) is 1. The summed E-state index contributed by atoms with van der Waals surface area (Å²) in [7, 11) is 0. The number of nitrogens with zero attached hydrogens (tertiary/aromatic N) is 2. The fourth-order valence-corrected chi connectivity index (χ4v) is 0.312. The third kappa shape index (κ3) is 0.787. The summed E-state index contributed by atoms with van der Waals surface area (Å²) in [5.41, 5.74) is 0. The number of hydrogen-bond acceptors (Lipinski definition) is 3. The largest absolute Gasteiger partial charge is 0.604 e. The summed E-state index contributed by atoms with van der Waals surface area (Å²) in [6.07, 6.45) is 0. The van der Waals surface area contributed by atoms with Crippen molar-refractivity contribution in [3.63, 3.8) is 0 Å². The van der Waals surface area contributed by atoms with Gasteiger partial charge < -0.3 is 5.21 Å². The molecule has 7 heavy (non-hydrogen) atoms. The van der Waals surface area contributed by atoms with E-state index in [-0.39, 0.29) is 6.54 Å². The van der Waals surface area contributed by atoms with Crippen LogP contribution >= 0.6 is 0 Å². The SMILES string of the molecule is O=C1C[NH+]([O-])N=N1. The lowest BCUT2D eigenvalue weighted by atomic mass is 10.7. The van der Waals surface area contributed by atoms with Crippen LogP contribution in [0.2, 0.25) is 0 Å². The zero-order valence-electron chi connectivity index (χ0n) is 3.42. The van der Waals surface area contributed by atoms with Crippen LogP contribution in [0.15, 0.2) is 10.3 Å². The lowest BCUT2D eigenvalue weighted by molar-refractivity contribution is -0.845. The van der Waals surface area contributed by atoms with Crippen LogP contribution in [0.1, 0.15) is 0 Å². The molecule has 0 spiro atoms. The average molecular weight is 101 g/mol. The van der Waals surface area contributed by atoms with Gasteiger partial charge >= 0.3 is 5.91 Å². The number of quaternary nitrogens is 1. The average Bonchev–Trinajstić information content (AvgIpc) is 1.87. The molecule has 1 unspecified atom stereocenters. The second-order valence-corrected chi connectivity index (χ2v) is 1.16.